The van der Waals surface area contributed by atoms with Gasteiger partial charge in [0.2, 0.25) is 0 Å². The SMILES string of the molecule is CNCc1coc(C2CCCN(C(C)C)C2)n1. The molecule has 1 aromatic heterocycles. The quantitative estimate of drug-likeness (QED) is 0.869. The van der Waals surface area contributed by atoms with Crippen LogP contribution in [0, 0.1) is 0 Å². The standard InChI is InChI=1S/C13H23N3O/c1-10(2)16-6-4-5-11(8-16)13-15-12(7-14-3)9-17-13/h9-11,14H,4-8H2,1-3H3. The third-order valence-corrected chi connectivity index (χ3v) is 3.46. The van der Waals surface area contributed by atoms with Crippen LogP contribution in [0.2, 0.25) is 0 Å². The first-order valence-corrected chi connectivity index (χ1v) is 6.53. The van der Waals surface area contributed by atoms with Crippen molar-refractivity contribution in [1.82, 2.24) is 15.2 Å². The number of nitrogens with zero attached hydrogens (tertiary/aromatic N) is 2. The summed E-state index contributed by atoms with van der Waals surface area (Å²) >= 11 is 0. The van der Waals surface area contributed by atoms with Gasteiger partial charge in [-0.25, -0.2) is 4.98 Å². The second-order valence-electron chi connectivity index (χ2n) is 5.14. The minimum absolute atomic E-state index is 0.469. The fraction of sp³-hybridized carbons (Fsp3) is 0.769. The van der Waals surface area contributed by atoms with Gasteiger partial charge in [0.15, 0.2) is 5.89 Å². The normalized spacial score (nSPS) is 22.2. The summed E-state index contributed by atoms with van der Waals surface area (Å²) < 4.78 is 5.61. The molecule has 1 saturated heterocycles. The summed E-state index contributed by atoms with van der Waals surface area (Å²) in [7, 11) is 1.93. The van der Waals surface area contributed by atoms with Crippen LogP contribution in [0.15, 0.2) is 10.7 Å². The average molecular weight is 237 g/mol. The van der Waals surface area contributed by atoms with Crippen LogP contribution in [0.5, 0.6) is 0 Å². The van der Waals surface area contributed by atoms with Gasteiger partial charge in [0.1, 0.15) is 6.26 Å². The van der Waals surface area contributed by atoms with Gasteiger partial charge >= 0.3 is 0 Å². The van der Waals surface area contributed by atoms with Crippen LogP contribution in [0.25, 0.3) is 0 Å². The number of hydrogen-bond acceptors (Lipinski definition) is 4. The zero-order valence-corrected chi connectivity index (χ0v) is 11.1. The van der Waals surface area contributed by atoms with E-state index in [9.17, 15) is 0 Å². The van der Waals surface area contributed by atoms with Crippen molar-refractivity contribution < 1.29 is 4.42 Å². The maximum atomic E-state index is 5.61. The van der Waals surface area contributed by atoms with Crippen LogP contribution in [0.3, 0.4) is 0 Å². The molecule has 1 aliphatic rings. The number of hydrogen-bond donors (Lipinski definition) is 1. The van der Waals surface area contributed by atoms with Crippen molar-refractivity contribution in [3.8, 4) is 0 Å². The topological polar surface area (TPSA) is 41.3 Å². The third kappa shape index (κ3) is 3.07. The monoisotopic (exact) mass is 237 g/mol. The van der Waals surface area contributed by atoms with Crippen molar-refractivity contribution in [2.24, 2.45) is 0 Å². The van der Waals surface area contributed by atoms with E-state index in [1.165, 1.54) is 19.4 Å². The molecule has 2 heterocycles. The number of piperidine rings is 1. The fourth-order valence-electron chi connectivity index (χ4n) is 2.45. The van der Waals surface area contributed by atoms with Gasteiger partial charge in [-0.1, -0.05) is 0 Å². The van der Waals surface area contributed by atoms with E-state index in [4.69, 9.17) is 4.42 Å². The summed E-state index contributed by atoms with van der Waals surface area (Å²) in [6.07, 6.45) is 4.22. The van der Waals surface area contributed by atoms with E-state index in [-0.39, 0.29) is 0 Å². The van der Waals surface area contributed by atoms with Crippen LogP contribution in [0.1, 0.15) is 44.2 Å². The van der Waals surface area contributed by atoms with Crippen molar-refractivity contribution in [3.05, 3.63) is 17.8 Å². The number of rotatable bonds is 4. The molecule has 1 aromatic rings. The van der Waals surface area contributed by atoms with Crippen molar-refractivity contribution in [2.45, 2.75) is 45.2 Å². The molecule has 2 rings (SSSR count). The van der Waals surface area contributed by atoms with Crippen molar-refractivity contribution in [1.29, 1.82) is 0 Å². The highest BCUT2D eigenvalue weighted by atomic mass is 16.3. The largest absolute Gasteiger partial charge is 0.448 e. The second kappa shape index (κ2) is 5.65. The van der Waals surface area contributed by atoms with Gasteiger partial charge in [-0.05, 0) is 40.3 Å². The van der Waals surface area contributed by atoms with Crippen LogP contribution < -0.4 is 5.32 Å². The van der Waals surface area contributed by atoms with Gasteiger partial charge in [0.25, 0.3) is 0 Å². The van der Waals surface area contributed by atoms with Crippen molar-refractivity contribution in [2.75, 3.05) is 20.1 Å². The Morgan fingerprint density at radius 2 is 2.41 bits per heavy atom. The lowest BCUT2D eigenvalue weighted by molar-refractivity contribution is 0.157. The lowest BCUT2D eigenvalue weighted by Gasteiger charge is -2.34. The predicted octanol–water partition coefficient (Wildman–Crippen LogP) is 1.98. The molecule has 0 aliphatic carbocycles. The van der Waals surface area contributed by atoms with Gasteiger partial charge in [0, 0.05) is 25.0 Å². The molecule has 0 saturated carbocycles. The highest BCUT2D eigenvalue weighted by Crippen LogP contribution is 2.27. The second-order valence-corrected chi connectivity index (χ2v) is 5.14. The molecule has 0 bridgehead atoms. The first-order valence-electron chi connectivity index (χ1n) is 6.53. The molecule has 0 radical (unpaired) electrons. The van der Waals surface area contributed by atoms with Gasteiger partial charge < -0.3 is 14.6 Å². The Morgan fingerprint density at radius 1 is 1.59 bits per heavy atom. The summed E-state index contributed by atoms with van der Waals surface area (Å²) in [5.41, 5.74) is 1.00. The highest BCUT2D eigenvalue weighted by Gasteiger charge is 2.26. The number of likely N-dealkylation sites (tertiary alicyclic amines) is 1. The van der Waals surface area contributed by atoms with Crippen LogP contribution >= 0.6 is 0 Å². The molecule has 1 unspecified atom stereocenters. The molecule has 4 heteroatoms. The van der Waals surface area contributed by atoms with Crippen molar-refractivity contribution >= 4 is 0 Å². The zero-order chi connectivity index (χ0) is 12.3. The smallest absolute Gasteiger partial charge is 0.198 e. The molecule has 0 aromatic carbocycles. The highest BCUT2D eigenvalue weighted by molar-refractivity contribution is 5.02. The summed E-state index contributed by atoms with van der Waals surface area (Å²) in [4.78, 5) is 7.07. The maximum Gasteiger partial charge on any atom is 0.198 e. The predicted molar refractivity (Wildman–Crippen MR) is 68.0 cm³/mol. The van der Waals surface area contributed by atoms with Gasteiger partial charge in [0.05, 0.1) is 5.69 Å². The zero-order valence-electron chi connectivity index (χ0n) is 11.1. The number of aromatic nitrogens is 1. The van der Waals surface area contributed by atoms with E-state index in [2.05, 4.69) is 29.0 Å². The van der Waals surface area contributed by atoms with Crippen LogP contribution in [-0.2, 0) is 6.54 Å². The van der Waals surface area contributed by atoms with E-state index < -0.39 is 0 Å². The molecule has 4 nitrogen and oxygen atoms in total. The van der Waals surface area contributed by atoms with E-state index in [1.807, 2.05) is 7.05 Å². The minimum atomic E-state index is 0.469. The molecule has 1 fully saturated rings. The van der Waals surface area contributed by atoms with Gasteiger partial charge in [-0.2, -0.15) is 0 Å². The molecule has 17 heavy (non-hydrogen) atoms. The fourth-order valence-corrected chi connectivity index (χ4v) is 2.45. The van der Waals surface area contributed by atoms with Crippen LogP contribution in [-0.4, -0.2) is 36.1 Å². The van der Waals surface area contributed by atoms with E-state index >= 15 is 0 Å². The Kier molecular flexibility index (Phi) is 4.18. The first-order chi connectivity index (χ1) is 8.20. The molecule has 1 N–H and O–H groups in total. The summed E-state index contributed by atoms with van der Waals surface area (Å²) in [5.74, 6) is 1.39. The third-order valence-electron chi connectivity index (χ3n) is 3.46. The van der Waals surface area contributed by atoms with E-state index in [0.29, 0.717) is 12.0 Å². The molecule has 1 atom stereocenters. The molecule has 96 valence electrons. The number of oxazole rings is 1. The first kappa shape index (κ1) is 12.6. The molecule has 1 aliphatic heterocycles. The maximum absolute atomic E-state index is 5.61. The van der Waals surface area contributed by atoms with Gasteiger partial charge in [-0.15, -0.1) is 0 Å². The van der Waals surface area contributed by atoms with E-state index in [1.54, 1.807) is 6.26 Å². The van der Waals surface area contributed by atoms with Gasteiger partial charge in [-0.3, -0.25) is 0 Å². The number of nitrogens with one attached hydrogen (secondary N) is 1. The lowest BCUT2D eigenvalue weighted by Crippen LogP contribution is -2.39. The van der Waals surface area contributed by atoms with Crippen molar-refractivity contribution in [3.63, 3.8) is 0 Å². The Morgan fingerprint density at radius 3 is 3.12 bits per heavy atom. The molecule has 0 spiro atoms. The minimum Gasteiger partial charge on any atom is -0.448 e. The molecular formula is C13H23N3O. The molecule has 0 amide bonds. The lowest BCUT2D eigenvalue weighted by atomic mass is 9.97. The molecular weight excluding hydrogens is 214 g/mol. The summed E-state index contributed by atoms with van der Waals surface area (Å²) in [5, 5.41) is 3.09. The summed E-state index contributed by atoms with van der Waals surface area (Å²) in [6.45, 7) is 7.58. The van der Waals surface area contributed by atoms with E-state index in [0.717, 1.165) is 24.7 Å². The Hall–Kier alpha value is -0.870. The Labute approximate surface area is 103 Å². The average Bonchev–Trinajstić information content (AvgIpc) is 2.78. The Balaban J connectivity index is 2.00. The Bertz CT molecular complexity index is 348. The van der Waals surface area contributed by atoms with Crippen LogP contribution in [0.4, 0.5) is 0 Å². The summed E-state index contributed by atoms with van der Waals surface area (Å²) in [6, 6.07) is 0.615.